The standard InChI is InChI=1S/C17H17FO2/c1-12(2)20-17(19)15-10-6-9-14(16(15)18)11-13-7-4-3-5-8-13/h3-10,12H,11H2,1-2H3. The van der Waals surface area contributed by atoms with Crippen LogP contribution in [0.1, 0.15) is 35.3 Å². The number of carbonyl (C=O) groups is 1. The number of ether oxygens (including phenoxy) is 1. The van der Waals surface area contributed by atoms with Gasteiger partial charge in [0.15, 0.2) is 0 Å². The molecule has 0 atom stereocenters. The van der Waals surface area contributed by atoms with Crippen LogP contribution in [-0.2, 0) is 11.2 Å². The minimum absolute atomic E-state index is 0.00729. The van der Waals surface area contributed by atoms with Gasteiger partial charge in [-0.25, -0.2) is 9.18 Å². The van der Waals surface area contributed by atoms with Gasteiger partial charge in [0.05, 0.1) is 11.7 Å². The van der Waals surface area contributed by atoms with Gasteiger partial charge in [-0.3, -0.25) is 0 Å². The van der Waals surface area contributed by atoms with Gasteiger partial charge in [0.2, 0.25) is 0 Å². The monoisotopic (exact) mass is 272 g/mol. The minimum Gasteiger partial charge on any atom is -0.459 e. The van der Waals surface area contributed by atoms with Crippen molar-refractivity contribution in [3.63, 3.8) is 0 Å². The first-order valence-corrected chi connectivity index (χ1v) is 6.60. The van der Waals surface area contributed by atoms with Crippen molar-refractivity contribution >= 4 is 5.97 Å². The second-order valence-corrected chi connectivity index (χ2v) is 4.90. The predicted molar refractivity (Wildman–Crippen MR) is 76.2 cm³/mol. The Hall–Kier alpha value is -2.16. The summed E-state index contributed by atoms with van der Waals surface area (Å²) in [5, 5.41) is 0. The highest BCUT2D eigenvalue weighted by Crippen LogP contribution is 2.18. The molecule has 0 saturated heterocycles. The van der Waals surface area contributed by atoms with Crippen LogP contribution in [-0.4, -0.2) is 12.1 Å². The molecule has 0 saturated carbocycles. The normalized spacial score (nSPS) is 10.6. The molecule has 2 nitrogen and oxygen atoms in total. The molecule has 0 N–H and O–H groups in total. The van der Waals surface area contributed by atoms with Crippen LogP contribution in [0.25, 0.3) is 0 Å². The zero-order chi connectivity index (χ0) is 14.5. The van der Waals surface area contributed by atoms with Crippen LogP contribution in [0.5, 0.6) is 0 Å². The van der Waals surface area contributed by atoms with Crippen LogP contribution in [0.15, 0.2) is 48.5 Å². The maximum absolute atomic E-state index is 14.4. The molecule has 2 aromatic rings. The summed E-state index contributed by atoms with van der Waals surface area (Å²) in [4.78, 5) is 11.8. The maximum atomic E-state index is 14.4. The molecule has 0 radical (unpaired) electrons. The van der Waals surface area contributed by atoms with E-state index in [0.29, 0.717) is 12.0 Å². The van der Waals surface area contributed by atoms with E-state index in [4.69, 9.17) is 4.74 Å². The lowest BCUT2D eigenvalue weighted by molar-refractivity contribution is 0.0372. The number of carbonyl (C=O) groups excluding carboxylic acids is 1. The summed E-state index contributed by atoms with van der Waals surface area (Å²) in [6.45, 7) is 3.48. The van der Waals surface area contributed by atoms with E-state index in [-0.39, 0.29) is 11.7 Å². The number of esters is 1. The van der Waals surface area contributed by atoms with E-state index >= 15 is 0 Å². The lowest BCUT2D eigenvalue weighted by Gasteiger charge is -2.10. The number of rotatable bonds is 4. The van der Waals surface area contributed by atoms with E-state index in [2.05, 4.69) is 0 Å². The molecule has 2 aromatic carbocycles. The summed E-state index contributed by atoms with van der Waals surface area (Å²) >= 11 is 0. The van der Waals surface area contributed by atoms with Crippen molar-refractivity contribution in [3.8, 4) is 0 Å². The van der Waals surface area contributed by atoms with Crippen LogP contribution in [0, 0.1) is 5.82 Å². The molecule has 0 fully saturated rings. The van der Waals surface area contributed by atoms with E-state index in [9.17, 15) is 9.18 Å². The predicted octanol–water partition coefficient (Wildman–Crippen LogP) is 3.98. The third-order valence-corrected chi connectivity index (χ3v) is 2.88. The van der Waals surface area contributed by atoms with Gasteiger partial charge < -0.3 is 4.74 Å². The van der Waals surface area contributed by atoms with Crippen LogP contribution in [0.2, 0.25) is 0 Å². The molecule has 20 heavy (non-hydrogen) atoms. The third-order valence-electron chi connectivity index (χ3n) is 2.88. The summed E-state index contributed by atoms with van der Waals surface area (Å²) in [7, 11) is 0. The summed E-state index contributed by atoms with van der Waals surface area (Å²) < 4.78 is 19.4. The van der Waals surface area contributed by atoms with E-state index in [0.717, 1.165) is 5.56 Å². The van der Waals surface area contributed by atoms with Gasteiger partial charge in [0.25, 0.3) is 0 Å². The average Bonchev–Trinajstić information content (AvgIpc) is 2.41. The van der Waals surface area contributed by atoms with Gasteiger partial charge >= 0.3 is 5.97 Å². The molecule has 0 spiro atoms. The highest BCUT2D eigenvalue weighted by molar-refractivity contribution is 5.90. The first-order chi connectivity index (χ1) is 9.58. The molecule has 0 heterocycles. The Morgan fingerprint density at radius 1 is 1.10 bits per heavy atom. The number of halogens is 1. The summed E-state index contributed by atoms with van der Waals surface area (Å²) in [6, 6.07) is 14.4. The second-order valence-electron chi connectivity index (χ2n) is 4.90. The van der Waals surface area contributed by atoms with Crippen LogP contribution in [0.3, 0.4) is 0 Å². The molecule has 2 rings (SSSR count). The van der Waals surface area contributed by atoms with E-state index < -0.39 is 11.8 Å². The molecule has 0 amide bonds. The number of benzene rings is 2. The molecule has 0 unspecified atom stereocenters. The molecule has 0 aromatic heterocycles. The quantitative estimate of drug-likeness (QED) is 0.787. The lowest BCUT2D eigenvalue weighted by Crippen LogP contribution is -2.14. The topological polar surface area (TPSA) is 26.3 Å². The summed E-state index contributed by atoms with van der Waals surface area (Å²) in [5.41, 5.74) is 1.49. The van der Waals surface area contributed by atoms with Crippen molar-refractivity contribution in [2.45, 2.75) is 26.4 Å². The summed E-state index contributed by atoms with van der Waals surface area (Å²) in [5.74, 6) is -1.12. The Morgan fingerprint density at radius 2 is 1.80 bits per heavy atom. The highest BCUT2D eigenvalue weighted by Gasteiger charge is 2.17. The average molecular weight is 272 g/mol. The smallest absolute Gasteiger partial charge is 0.341 e. The van der Waals surface area contributed by atoms with Crippen molar-refractivity contribution in [1.82, 2.24) is 0 Å². The van der Waals surface area contributed by atoms with Gasteiger partial charge in [-0.15, -0.1) is 0 Å². The van der Waals surface area contributed by atoms with Crippen molar-refractivity contribution in [3.05, 3.63) is 71.0 Å². The fourth-order valence-electron chi connectivity index (χ4n) is 1.97. The first kappa shape index (κ1) is 14.3. The Kier molecular flexibility index (Phi) is 4.51. The van der Waals surface area contributed by atoms with E-state index in [1.165, 1.54) is 6.07 Å². The van der Waals surface area contributed by atoms with E-state index in [1.54, 1.807) is 26.0 Å². The Balaban J connectivity index is 2.26. The van der Waals surface area contributed by atoms with Crippen molar-refractivity contribution in [2.24, 2.45) is 0 Å². The van der Waals surface area contributed by atoms with E-state index in [1.807, 2.05) is 30.3 Å². The largest absolute Gasteiger partial charge is 0.459 e. The first-order valence-electron chi connectivity index (χ1n) is 6.60. The number of hydrogen-bond donors (Lipinski definition) is 0. The van der Waals surface area contributed by atoms with Crippen LogP contribution >= 0.6 is 0 Å². The van der Waals surface area contributed by atoms with Gasteiger partial charge in [-0.05, 0) is 31.0 Å². The molecule has 0 bridgehead atoms. The lowest BCUT2D eigenvalue weighted by atomic mass is 10.0. The van der Waals surface area contributed by atoms with Crippen molar-refractivity contribution < 1.29 is 13.9 Å². The maximum Gasteiger partial charge on any atom is 0.341 e. The molecule has 104 valence electrons. The number of hydrogen-bond acceptors (Lipinski definition) is 2. The van der Waals surface area contributed by atoms with Gasteiger partial charge in [0, 0.05) is 6.42 Å². The van der Waals surface area contributed by atoms with Crippen LogP contribution < -0.4 is 0 Å². The van der Waals surface area contributed by atoms with Crippen LogP contribution in [0.4, 0.5) is 4.39 Å². The molecular formula is C17H17FO2. The Morgan fingerprint density at radius 3 is 2.45 bits per heavy atom. The van der Waals surface area contributed by atoms with Gasteiger partial charge in [0.1, 0.15) is 5.82 Å². The molecule has 0 aliphatic carbocycles. The minimum atomic E-state index is -0.618. The molecule has 0 aliphatic heterocycles. The molecular weight excluding hydrogens is 255 g/mol. The SMILES string of the molecule is CC(C)OC(=O)c1cccc(Cc2ccccc2)c1F. The van der Waals surface area contributed by atoms with Crippen molar-refractivity contribution in [2.75, 3.05) is 0 Å². The third kappa shape index (κ3) is 3.44. The second kappa shape index (κ2) is 6.33. The highest BCUT2D eigenvalue weighted by atomic mass is 19.1. The molecule has 0 aliphatic rings. The van der Waals surface area contributed by atoms with Gasteiger partial charge in [-0.2, -0.15) is 0 Å². The van der Waals surface area contributed by atoms with Gasteiger partial charge in [-0.1, -0.05) is 42.5 Å². The zero-order valence-corrected chi connectivity index (χ0v) is 11.6. The summed E-state index contributed by atoms with van der Waals surface area (Å²) in [6.07, 6.45) is 0.190. The molecule has 3 heteroatoms. The Labute approximate surface area is 118 Å². The fourth-order valence-corrected chi connectivity index (χ4v) is 1.97. The Bertz CT molecular complexity index is 591. The fraction of sp³-hybridized carbons (Fsp3) is 0.235. The van der Waals surface area contributed by atoms with Crippen molar-refractivity contribution in [1.29, 1.82) is 0 Å². The zero-order valence-electron chi connectivity index (χ0n) is 11.6.